The maximum absolute atomic E-state index is 4.47. The molecule has 0 unspecified atom stereocenters. The average molecular weight is 258 g/mol. The van der Waals surface area contributed by atoms with E-state index in [0.717, 1.165) is 30.0 Å². The van der Waals surface area contributed by atoms with Crippen molar-refractivity contribution in [2.24, 2.45) is 11.8 Å². The van der Waals surface area contributed by atoms with Gasteiger partial charge in [0.25, 0.3) is 0 Å². The molecule has 2 heterocycles. The average Bonchev–Trinajstić information content (AvgIpc) is 2.88. The molecule has 0 spiro atoms. The second-order valence-electron chi connectivity index (χ2n) is 5.61. The lowest BCUT2D eigenvalue weighted by atomic mass is 9.81. The van der Waals surface area contributed by atoms with Crippen molar-refractivity contribution in [3.8, 4) is 0 Å². The van der Waals surface area contributed by atoms with Crippen LogP contribution < -0.4 is 5.32 Å². The number of aromatic nitrogens is 3. The second-order valence-corrected chi connectivity index (χ2v) is 5.61. The Balaban J connectivity index is 1.55. The van der Waals surface area contributed by atoms with Gasteiger partial charge in [-0.3, -0.25) is 0 Å². The van der Waals surface area contributed by atoms with Crippen LogP contribution in [0.15, 0.2) is 24.4 Å². The fourth-order valence-electron chi connectivity index (χ4n) is 2.99. The predicted molar refractivity (Wildman–Crippen MR) is 77.2 cm³/mol. The Kier molecular flexibility index (Phi) is 3.67. The summed E-state index contributed by atoms with van der Waals surface area (Å²) in [6.07, 6.45) is 8.74. The van der Waals surface area contributed by atoms with Gasteiger partial charge in [-0.2, -0.15) is 4.98 Å². The number of hydrogen-bond acceptors (Lipinski definition) is 3. The number of anilines is 1. The van der Waals surface area contributed by atoms with E-state index in [0.29, 0.717) is 0 Å². The number of hydrogen-bond donors (Lipinski definition) is 1. The standard InChI is InChI=1S/C15H22N4/c1-2-12-6-8-13(9-7-12)11-16-15-17-14-5-3-4-10-19(14)18-15/h3-5,10,12-13H,2,6-9,11H2,1H3,(H,16,18). The SMILES string of the molecule is CCC1CCC(CNc2nc3ccccn3n2)CC1. The van der Waals surface area contributed by atoms with Crippen molar-refractivity contribution in [3.63, 3.8) is 0 Å². The minimum atomic E-state index is 0.754. The molecule has 0 saturated heterocycles. The van der Waals surface area contributed by atoms with E-state index in [1.165, 1.54) is 32.1 Å². The summed E-state index contributed by atoms with van der Waals surface area (Å²) in [6, 6.07) is 5.93. The molecule has 0 aliphatic heterocycles. The van der Waals surface area contributed by atoms with Crippen LogP contribution in [0.1, 0.15) is 39.0 Å². The molecular formula is C15H22N4. The van der Waals surface area contributed by atoms with Gasteiger partial charge in [-0.1, -0.05) is 32.3 Å². The van der Waals surface area contributed by atoms with E-state index in [1.54, 1.807) is 0 Å². The van der Waals surface area contributed by atoms with Gasteiger partial charge in [0.1, 0.15) is 0 Å². The first-order chi connectivity index (χ1) is 9.35. The Labute approximate surface area is 114 Å². The third-order valence-corrected chi connectivity index (χ3v) is 4.33. The predicted octanol–water partition coefficient (Wildman–Crippen LogP) is 3.36. The molecule has 19 heavy (non-hydrogen) atoms. The molecule has 1 fully saturated rings. The molecule has 1 aliphatic carbocycles. The molecule has 0 atom stereocenters. The molecule has 1 aliphatic rings. The summed E-state index contributed by atoms with van der Waals surface area (Å²) in [5, 5.41) is 7.82. The van der Waals surface area contributed by atoms with Crippen LogP contribution >= 0.6 is 0 Å². The van der Waals surface area contributed by atoms with E-state index in [1.807, 2.05) is 28.9 Å². The summed E-state index contributed by atoms with van der Waals surface area (Å²) in [4.78, 5) is 4.47. The Morgan fingerprint density at radius 2 is 2.00 bits per heavy atom. The number of fused-ring (bicyclic) bond motifs is 1. The van der Waals surface area contributed by atoms with Crippen LogP contribution in [0.3, 0.4) is 0 Å². The van der Waals surface area contributed by atoms with E-state index in [9.17, 15) is 0 Å². The summed E-state index contributed by atoms with van der Waals surface area (Å²) in [6.45, 7) is 3.32. The minimum absolute atomic E-state index is 0.754. The first-order valence-electron chi connectivity index (χ1n) is 7.40. The first-order valence-corrected chi connectivity index (χ1v) is 7.40. The van der Waals surface area contributed by atoms with Crippen molar-refractivity contribution in [3.05, 3.63) is 24.4 Å². The van der Waals surface area contributed by atoms with Crippen LogP contribution in [-0.4, -0.2) is 21.1 Å². The van der Waals surface area contributed by atoms with Gasteiger partial charge in [-0.25, -0.2) is 4.52 Å². The summed E-state index contributed by atoms with van der Waals surface area (Å²) >= 11 is 0. The van der Waals surface area contributed by atoms with Crippen LogP contribution in [0.5, 0.6) is 0 Å². The molecule has 4 heteroatoms. The number of pyridine rings is 1. The molecule has 0 radical (unpaired) electrons. The Morgan fingerprint density at radius 3 is 2.74 bits per heavy atom. The fourth-order valence-corrected chi connectivity index (χ4v) is 2.99. The molecule has 0 amide bonds. The largest absolute Gasteiger partial charge is 0.353 e. The monoisotopic (exact) mass is 258 g/mol. The third kappa shape index (κ3) is 2.88. The molecule has 3 rings (SSSR count). The van der Waals surface area contributed by atoms with Crippen LogP contribution in [0.2, 0.25) is 0 Å². The van der Waals surface area contributed by atoms with Gasteiger partial charge in [0, 0.05) is 12.7 Å². The lowest BCUT2D eigenvalue weighted by Crippen LogP contribution is -2.21. The normalized spacial score (nSPS) is 23.6. The number of nitrogens with one attached hydrogen (secondary N) is 1. The molecule has 1 saturated carbocycles. The highest BCUT2D eigenvalue weighted by Crippen LogP contribution is 2.30. The molecule has 102 valence electrons. The van der Waals surface area contributed by atoms with E-state index in [4.69, 9.17) is 0 Å². The van der Waals surface area contributed by atoms with Crippen molar-refractivity contribution < 1.29 is 0 Å². The smallest absolute Gasteiger partial charge is 0.243 e. The molecule has 2 aromatic heterocycles. The Morgan fingerprint density at radius 1 is 1.21 bits per heavy atom. The zero-order valence-corrected chi connectivity index (χ0v) is 11.5. The number of nitrogens with zero attached hydrogens (tertiary/aromatic N) is 3. The quantitative estimate of drug-likeness (QED) is 0.914. The molecule has 2 aromatic rings. The lowest BCUT2D eigenvalue weighted by molar-refractivity contribution is 0.278. The van der Waals surface area contributed by atoms with E-state index >= 15 is 0 Å². The van der Waals surface area contributed by atoms with Crippen molar-refractivity contribution in [1.82, 2.24) is 14.6 Å². The van der Waals surface area contributed by atoms with E-state index in [2.05, 4.69) is 22.3 Å². The van der Waals surface area contributed by atoms with Crippen LogP contribution in [0, 0.1) is 11.8 Å². The maximum atomic E-state index is 4.47. The highest BCUT2D eigenvalue weighted by molar-refractivity contribution is 5.42. The van der Waals surface area contributed by atoms with Crippen LogP contribution in [0.25, 0.3) is 5.65 Å². The second kappa shape index (κ2) is 5.59. The maximum Gasteiger partial charge on any atom is 0.243 e. The van der Waals surface area contributed by atoms with Gasteiger partial charge in [0.05, 0.1) is 0 Å². The fraction of sp³-hybridized carbons (Fsp3) is 0.600. The van der Waals surface area contributed by atoms with Gasteiger partial charge in [-0.05, 0) is 36.8 Å². The Hall–Kier alpha value is -1.58. The van der Waals surface area contributed by atoms with Gasteiger partial charge in [0.15, 0.2) is 5.65 Å². The van der Waals surface area contributed by atoms with E-state index in [-0.39, 0.29) is 0 Å². The van der Waals surface area contributed by atoms with Crippen molar-refractivity contribution in [1.29, 1.82) is 0 Å². The van der Waals surface area contributed by atoms with Gasteiger partial charge >= 0.3 is 0 Å². The molecule has 1 N–H and O–H groups in total. The molecule has 0 aromatic carbocycles. The molecule has 4 nitrogen and oxygen atoms in total. The van der Waals surface area contributed by atoms with E-state index < -0.39 is 0 Å². The number of rotatable bonds is 4. The van der Waals surface area contributed by atoms with Gasteiger partial charge in [0.2, 0.25) is 5.95 Å². The lowest BCUT2D eigenvalue weighted by Gasteiger charge is -2.27. The summed E-state index contributed by atoms with van der Waals surface area (Å²) in [5.74, 6) is 2.50. The molecule has 0 bridgehead atoms. The zero-order chi connectivity index (χ0) is 13.1. The molecular weight excluding hydrogens is 236 g/mol. The summed E-state index contributed by atoms with van der Waals surface area (Å²) in [5.41, 5.74) is 0.902. The van der Waals surface area contributed by atoms with Crippen molar-refractivity contribution in [2.45, 2.75) is 39.0 Å². The van der Waals surface area contributed by atoms with Crippen molar-refractivity contribution in [2.75, 3.05) is 11.9 Å². The summed E-state index contributed by atoms with van der Waals surface area (Å²) < 4.78 is 1.82. The van der Waals surface area contributed by atoms with Crippen molar-refractivity contribution >= 4 is 11.6 Å². The van der Waals surface area contributed by atoms with Gasteiger partial charge < -0.3 is 5.32 Å². The topological polar surface area (TPSA) is 42.2 Å². The summed E-state index contributed by atoms with van der Waals surface area (Å²) in [7, 11) is 0. The highest BCUT2D eigenvalue weighted by Gasteiger charge is 2.19. The van der Waals surface area contributed by atoms with Crippen LogP contribution in [0.4, 0.5) is 5.95 Å². The highest BCUT2D eigenvalue weighted by atomic mass is 15.3. The first kappa shape index (κ1) is 12.5. The zero-order valence-electron chi connectivity index (χ0n) is 11.5. The van der Waals surface area contributed by atoms with Gasteiger partial charge in [-0.15, -0.1) is 5.10 Å². The van der Waals surface area contributed by atoms with Crippen LogP contribution in [-0.2, 0) is 0 Å². The minimum Gasteiger partial charge on any atom is -0.353 e. The Bertz CT molecular complexity index is 493. The third-order valence-electron chi connectivity index (χ3n) is 4.33.